The van der Waals surface area contributed by atoms with Crippen LogP contribution in [-0.4, -0.2) is 23.3 Å². The Hall–Kier alpha value is -3.21. The third-order valence-corrected chi connectivity index (χ3v) is 3.81. The normalized spacial score (nSPS) is 10.4. The van der Waals surface area contributed by atoms with Crippen LogP contribution in [0.3, 0.4) is 0 Å². The second kappa shape index (κ2) is 7.57. The molecule has 0 saturated carbocycles. The van der Waals surface area contributed by atoms with Crippen LogP contribution in [0.4, 0.5) is 0 Å². The lowest BCUT2D eigenvalue weighted by Gasteiger charge is -2.08. The molecule has 0 aliphatic rings. The molecule has 2 N–H and O–H groups in total. The first-order valence-electron chi connectivity index (χ1n) is 8.18. The molecule has 0 aliphatic carbocycles. The van der Waals surface area contributed by atoms with E-state index in [4.69, 9.17) is 0 Å². The molecule has 1 heterocycles. The first kappa shape index (κ1) is 16.6. The van der Waals surface area contributed by atoms with Crippen molar-refractivity contribution in [2.45, 2.75) is 13.5 Å². The minimum absolute atomic E-state index is 0.119. The molecule has 1 aromatic heterocycles. The van der Waals surface area contributed by atoms with Gasteiger partial charge in [0.15, 0.2) is 0 Å². The second-order valence-electron chi connectivity index (χ2n) is 5.63. The Bertz CT molecular complexity index is 921. The highest BCUT2D eigenvalue weighted by Gasteiger charge is 2.09. The number of benzene rings is 2. The van der Waals surface area contributed by atoms with Crippen molar-refractivity contribution >= 4 is 22.7 Å². The van der Waals surface area contributed by atoms with Crippen molar-refractivity contribution in [2.75, 3.05) is 6.54 Å². The maximum atomic E-state index is 12.3. The number of hydrogen-bond donors (Lipinski definition) is 2. The number of hydrogen-bond acceptors (Lipinski definition) is 3. The SMILES string of the molecule is CCNC(=O)c1cccc(CNC(=O)c2ccc3ccccc3n2)c1. The third kappa shape index (κ3) is 4.01. The molecule has 3 rings (SSSR count). The lowest BCUT2D eigenvalue weighted by atomic mass is 10.1. The van der Waals surface area contributed by atoms with Crippen molar-refractivity contribution in [1.29, 1.82) is 0 Å². The van der Waals surface area contributed by atoms with Gasteiger partial charge in [0, 0.05) is 24.0 Å². The molecule has 126 valence electrons. The van der Waals surface area contributed by atoms with Crippen LogP contribution in [0.25, 0.3) is 10.9 Å². The van der Waals surface area contributed by atoms with E-state index in [0.717, 1.165) is 16.5 Å². The van der Waals surface area contributed by atoms with Crippen molar-refractivity contribution in [3.8, 4) is 0 Å². The van der Waals surface area contributed by atoms with Crippen molar-refractivity contribution in [3.63, 3.8) is 0 Å². The number of nitrogens with one attached hydrogen (secondary N) is 2. The highest BCUT2D eigenvalue weighted by molar-refractivity contribution is 5.95. The molecule has 3 aromatic rings. The third-order valence-electron chi connectivity index (χ3n) is 3.81. The highest BCUT2D eigenvalue weighted by Crippen LogP contribution is 2.12. The lowest BCUT2D eigenvalue weighted by Crippen LogP contribution is -2.25. The predicted octanol–water partition coefficient (Wildman–Crippen LogP) is 2.91. The number of aromatic nitrogens is 1. The van der Waals surface area contributed by atoms with Gasteiger partial charge in [-0.05, 0) is 36.8 Å². The van der Waals surface area contributed by atoms with Crippen molar-refractivity contribution in [3.05, 3.63) is 77.5 Å². The zero-order valence-corrected chi connectivity index (χ0v) is 14.0. The average molecular weight is 333 g/mol. The fraction of sp³-hybridized carbons (Fsp3) is 0.150. The standard InChI is InChI=1S/C20H19N3O2/c1-2-21-19(24)16-8-5-6-14(12-16)13-22-20(25)18-11-10-15-7-3-4-9-17(15)23-18/h3-12H,2,13H2,1H3,(H,21,24)(H,22,25). The van der Waals surface area contributed by atoms with Gasteiger partial charge in [-0.1, -0.05) is 36.4 Å². The van der Waals surface area contributed by atoms with Crippen molar-refractivity contribution in [2.24, 2.45) is 0 Å². The van der Waals surface area contributed by atoms with Gasteiger partial charge in [-0.3, -0.25) is 9.59 Å². The molecular weight excluding hydrogens is 314 g/mol. The molecule has 5 heteroatoms. The molecule has 0 saturated heterocycles. The maximum absolute atomic E-state index is 12.3. The topological polar surface area (TPSA) is 71.1 Å². The number of fused-ring (bicyclic) bond motifs is 1. The van der Waals surface area contributed by atoms with Crippen LogP contribution in [0.15, 0.2) is 60.7 Å². The van der Waals surface area contributed by atoms with Crippen LogP contribution in [-0.2, 0) is 6.54 Å². The first-order valence-corrected chi connectivity index (χ1v) is 8.18. The summed E-state index contributed by atoms with van der Waals surface area (Å²) >= 11 is 0. The number of carbonyl (C=O) groups is 2. The summed E-state index contributed by atoms with van der Waals surface area (Å²) in [5.41, 5.74) is 2.60. The number of amides is 2. The summed E-state index contributed by atoms with van der Waals surface area (Å²) in [4.78, 5) is 28.6. The van der Waals surface area contributed by atoms with Crippen LogP contribution < -0.4 is 10.6 Å². The van der Waals surface area contributed by atoms with Gasteiger partial charge in [-0.15, -0.1) is 0 Å². The summed E-state index contributed by atoms with van der Waals surface area (Å²) in [5.74, 6) is -0.360. The Labute approximate surface area is 146 Å². The molecule has 2 amide bonds. The molecule has 5 nitrogen and oxygen atoms in total. The van der Waals surface area contributed by atoms with Crippen LogP contribution in [0.5, 0.6) is 0 Å². The zero-order chi connectivity index (χ0) is 17.6. The number of nitrogens with zero attached hydrogens (tertiary/aromatic N) is 1. The minimum atomic E-state index is -0.242. The van der Waals surface area contributed by atoms with E-state index in [1.807, 2.05) is 43.3 Å². The molecular formula is C20H19N3O2. The monoisotopic (exact) mass is 333 g/mol. The van der Waals surface area contributed by atoms with E-state index >= 15 is 0 Å². The van der Waals surface area contributed by atoms with Crippen LogP contribution in [0, 0.1) is 0 Å². The minimum Gasteiger partial charge on any atom is -0.352 e. The molecule has 0 atom stereocenters. The lowest BCUT2D eigenvalue weighted by molar-refractivity contribution is 0.0943. The molecule has 25 heavy (non-hydrogen) atoms. The number of rotatable bonds is 5. The average Bonchev–Trinajstić information content (AvgIpc) is 2.66. The van der Waals surface area contributed by atoms with Gasteiger partial charge in [0.1, 0.15) is 5.69 Å². The van der Waals surface area contributed by atoms with Gasteiger partial charge in [-0.2, -0.15) is 0 Å². The fourth-order valence-electron chi connectivity index (χ4n) is 2.55. The molecule has 0 unspecified atom stereocenters. The van der Waals surface area contributed by atoms with Gasteiger partial charge in [0.25, 0.3) is 11.8 Å². The Morgan fingerprint density at radius 1 is 0.920 bits per heavy atom. The Morgan fingerprint density at radius 3 is 2.60 bits per heavy atom. The summed E-state index contributed by atoms with van der Waals surface area (Å²) in [7, 11) is 0. The number of para-hydroxylation sites is 1. The van der Waals surface area contributed by atoms with E-state index in [1.54, 1.807) is 24.3 Å². The molecule has 2 aromatic carbocycles. The summed E-state index contributed by atoms with van der Waals surface area (Å²) in [6, 6.07) is 18.5. The van der Waals surface area contributed by atoms with Crippen molar-refractivity contribution in [1.82, 2.24) is 15.6 Å². The number of pyridine rings is 1. The van der Waals surface area contributed by atoms with Crippen LogP contribution >= 0.6 is 0 Å². The largest absolute Gasteiger partial charge is 0.352 e. The van der Waals surface area contributed by atoms with E-state index in [2.05, 4.69) is 15.6 Å². The smallest absolute Gasteiger partial charge is 0.270 e. The Kier molecular flexibility index (Phi) is 5.04. The quantitative estimate of drug-likeness (QED) is 0.754. The molecule has 0 radical (unpaired) electrons. The predicted molar refractivity (Wildman–Crippen MR) is 97.4 cm³/mol. The number of carbonyl (C=O) groups excluding carboxylic acids is 2. The van der Waals surface area contributed by atoms with Crippen LogP contribution in [0.1, 0.15) is 33.3 Å². The summed E-state index contributed by atoms with van der Waals surface area (Å²) in [6.07, 6.45) is 0. The molecule has 0 bridgehead atoms. The fourth-order valence-corrected chi connectivity index (χ4v) is 2.55. The summed E-state index contributed by atoms with van der Waals surface area (Å²) in [5, 5.41) is 6.60. The van der Waals surface area contributed by atoms with E-state index in [0.29, 0.717) is 24.3 Å². The van der Waals surface area contributed by atoms with Gasteiger partial charge >= 0.3 is 0 Å². The highest BCUT2D eigenvalue weighted by atomic mass is 16.2. The van der Waals surface area contributed by atoms with E-state index in [9.17, 15) is 9.59 Å². The van der Waals surface area contributed by atoms with E-state index in [1.165, 1.54) is 0 Å². The summed E-state index contributed by atoms with van der Waals surface area (Å²) in [6.45, 7) is 2.78. The summed E-state index contributed by atoms with van der Waals surface area (Å²) < 4.78 is 0. The molecule has 0 spiro atoms. The molecule has 0 aliphatic heterocycles. The van der Waals surface area contributed by atoms with Gasteiger partial charge < -0.3 is 10.6 Å². The van der Waals surface area contributed by atoms with Crippen molar-refractivity contribution < 1.29 is 9.59 Å². The van der Waals surface area contributed by atoms with Gasteiger partial charge in [0.05, 0.1) is 5.52 Å². The van der Waals surface area contributed by atoms with Gasteiger partial charge in [-0.25, -0.2) is 4.98 Å². The maximum Gasteiger partial charge on any atom is 0.270 e. The first-order chi connectivity index (χ1) is 12.2. The Morgan fingerprint density at radius 2 is 1.76 bits per heavy atom. The second-order valence-corrected chi connectivity index (χ2v) is 5.63. The Balaban J connectivity index is 1.69. The van der Waals surface area contributed by atoms with Gasteiger partial charge in [0.2, 0.25) is 0 Å². The van der Waals surface area contributed by atoms with Crippen LogP contribution in [0.2, 0.25) is 0 Å². The zero-order valence-electron chi connectivity index (χ0n) is 14.0. The molecule has 0 fully saturated rings. The van der Waals surface area contributed by atoms with E-state index in [-0.39, 0.29) is 11.8 Å². The van der Waals surface area contributed by atoms with E-state index < -0.39 is 0 Å².